The zero-order valence-corrected chi connectivity index (χ0v) is 12.4. The van der Waals surface area contributed by atoms with Crippen molar-refractivity contribution in [2.45, 2.75) is 25.9 Å². The highest BCUT2D eigenvalue weighted by Crippen LogP contribution is 2.21. The Morgan fingerprint density at radius 3 is 2.17 bits per heavy atom. The van der Waals surface area contributed by atoms with Gasteiger partial charge in [0, 0.05) is 19.4 Å². The molecule has 0 N–H and O–H groups in total. The van der Waals surface area contributed by atoms with Gasteiger partial charge in [-0.1, -0.05) is 43.2 Å². The molecule has 0 aliphatic heterocycles. The molecular formula is C14H20O3Si. The summed E-state index contributed by atoms with van der Waals surface area (Å²) in [6.07, 6.45) is 6.24. The van der Waals surface area contributed by atoms with Gasteiger partial charge in [0.15, 0.2) is 0 Å². The fourth-order valence-electron chi connectivity index (χ4n) is 1.60. The summed E-state index contributed by atoms with van der Waals surface area (Å²) in [4.78, 5) is 0. The molecule has 0 bridgehead atoms. The van der Waals surface area contributed by atoms with E-state index in [2.05, 4.69) is 5.92 Å². The van der Waals surface area contributed by atoms with Gasteiger partial charge in [0.25, 0.3) is 0 Å². The van der Waals surface area contributed by atoms with Crippen LogP contribution >= 0.6 is 0 Å². The topological polar surface area (TPSA) is 27.7 Å². The second-order valence-corrected chi connectivity index (χ2v) is 6.87. The third-order valence-electron chi connectivity index (χ3n) is 3.00. The maximum Gasteiger partial charge on any atom is 0.537 e. The van der Waals surface area contributed by atoms with E-state index < -0.39 is 14.4 Å². The molecule has 98 valence electrons. The molecule has 1 aromatic rings. The van der Waals surface area contributed by atoms with Crippen molar-refractivity contribution in [1.29, 1.82) is 0 Å². The van der Waals surface area contributed by atoms with Crippen LogP contribution in [-0.4, -0.2) is 28.6 Å². The zero-order chi connectivity index (χ0) is 13.6. The first kappa shape index (κ1) is 14.9. The van der Waals surface area contributed by atoms with Crippen molar-refractivity contribution in [1.82, 2.24) is 0 Å². The van der Waals surface area contributed by atoms with Crippen LogP contribution in [0, 0.1) is 12.3 Å². The molecule has 0 saturated carbocycles. The average Bonchev–Trinajstić information content (AvgIpc) is 2.45. The van der Waals surface area contributed by atoms with Crippen molar-refractivity contribution in [2.75, 3.05) is 14.2 Å². The summed E-state index contributed by atoms with van der Waals surface area (Å²) in [6, 6.07) is 9.67. The highest BCUT2D eigenvalue weighted by molar-refractivity contribution is 6.75. The lowest BCUT2D eigenvalue weighted by atomic mass is 10.1. The van der Waals surface area contributed by atoms with Gasteiger partial charge in [0.05, 0.1) is 0 Å². The normalized spacial score (nSPS) is 14.8. The first-order valence-corrected chi connectivity index (χ1v) is 7.62. The molecule has 3 nitrogen and oxygen atoms in total. The predicted octanol–water partition coefficient (Wildman–Crippen LogP) is 1.94. The van der Waals surface area contributed by atoms with E-state index in [0.29, 0.717) is 6.42 Å². The second kappa shape index (κ2) is 6.16. The summed E-state index contributed by atoms with van der Waals surface area (Å²) in [5, 5.41) is 0.907. The Bertz CT molecular complexity index is 409. The maximum atomic E-state index is 6.07. The minimum Gasteiger partial charge on any atom is -0.373 e. The van der Waals surface area contributed by atoms with E-state index in [1.807, 2.05) is 44.2 Å². The highest BCUT2D eigenvalue weighted by Gasteiger charge is 2.46. The molecule has 1 rings (SSSR count). The lowest BCUT2D eigenvalue weighted by Crippen LogP contribution is -2.59. The summed E-state index contributed by atoms with van der Waals surface area (Å²) in [5.74, 6) is 2.67. The van der Waals surface area contributed by atoms with Crippen LogP contribution in [0.25, 0.3) is 0 Å². The standard InChI is InChI=1S/C14H20O3Si/c1-6-14(3,7-2)17-18(15-4,16-5)13-11-9-8-10-12-13/h1,8-12H,7H2,2-5H3. The Hall–Kier alpha value is -1.12. The first-order valence-electron chi connectivity index (χ1n) is 5.89. The van der Waals surface area contributed by atoms with E-state index in [-0.39, 0.29) is 0 Å². The van der Waals surface area contributed by atoms with Gasteiger partial charge >= 0.3 is 8.80 Å². The third-order valence-corrected chi connectivity index (χ3v) is 5.84. The molecule has 0 aliphatic carbocycles. The van der Waals surface area contributed by atoms with E-state index in [0.717, 1.165) is 5.19 Å². The van der Waals surface area contributed by atoms with Crippen LogP contribution in [-0.2, 0) is 13.3 Å². The van der Waals surface area contributed by atoms with Crippen LogP contribution < -0.4 is 5.19 Å². The molecule has 0 radical (unpaired) electrons. The summed E-state index contributed by atoms with van der Waals surface area (Å²) in [7, 11) is 0.246. The van der Waals surface area contributed by atoms with Gasteiger partial charge in [0.1, 0.15) is 5.60 Å². The van der Waals surface area contributed by atoms with Crippen molar-refractivity contribution >= 4 is 14.0 Å². The molecule has 0 aliphatic rings. The number of hydrogen-bond donors (Lipinski definition) is 0. The lowest BCUT2D eigenvalue weighted by molar-refractivity contribution is 0.0373. The van der Waals surface area contributed by atoms with Crippen LogP contribution in [0.5, 0.6) is 0 Å². The molecule has 0 fully saturated rings. The Morgan fingerprint density at radius 1 is 1.22 bits per heavy atom. The molecule has 1 atom stereocenters. The van der Waals surface area contributed by atoms with Crippen molar-refractivity contribution in [2.24, 2.45) is 0 Å². The smallest absolute Gasteiger partial charge is 0.373 e. The number of terminal acetylenes is 1. The summed E-state index contributed by atoms with van der Waals surface area (Å²) in [6.45, 7) is 3.85. The van der Waals surface area contributed by atoms with Crippen LogP contribution in [0.1, 0.15) is 20.3 Å². The van der Waals surface area contributed by atoms with E-state index in [4.69, 9.17) is 19.7 Å². The fourth-order valence-corrected chi connectivity index (χ4v) is 3.92. The average molecular weight is 264 g/mol. The molecule has 0 aromatic heterocycles. The van der Waals surface area contributed by atoms with Crippen molar-refractivity contribution in [3.05, 3.63) is 30.3 Å². The highest BCUT2D eigenvalue weighted by atomic mass is 28.4. The largest absolute Gasteiger partial charge is 0.537 e. The Morgan fingerprint density at radius 2 is 1.78 bits per heavy atom. The van der Waals surface area contributed by atoms with Gasteiger partial charge in [-0.25, -0.2) is 0 Å². The summed E-state index contributed by atoms with van der Waals surface area (Å²) >= 11 is 0. The Kier molecular flexibility index (Phi) is 5.11. The number of hydrogen-bond acceptors (Lipinski definition) is 3. The van der Waals surface area contributed by atoms with Gasteiger partial charge in [-0.3, -0.25) is 0 Å². The molecule has 0 amide bonds. The van der Waals surface area contributed by atoms with E-state index >= 15 is 0 Å². The van der Waals surface area contributed by atoms with Crippen molar-refractivity contribution < 1.29 is 13.3 Å². The predicted molar refractivity (Wildman–Crippen MR) is 74.5 cm³/mol. The molecule has 0 saturated heterocycles. The lowest BCUT2D eigenvalue weighted by Gasteiger charge is -2.34. The van der Waals surface area contributed by atoms with E-state index in [9.17, 15) is 0 Å². The summed E-state index contributed by atoms with van der Waals surface area (Å²) in [5.41, 5.74) is -0.686. The molecule has 1 aromatic carbocycles. The minimum atomic E-state index is -2.94. The van der Waals surface area contributed by atoms with Gasteiger partial charge < -0.3 is 13.3 Å². The molecule has 0 spiro atoms. The van der Waals surface area contributed by atoms with Crippen LogP contribution in [0.4, 0.5) is 0 Å². The quantitative estimate of drug-likeness (QED) is 0.580. The Labute approximate surface area is 110 Å². The number of rotatable bonds is 6. The second-order valence-electron chi connectivity index (χ2n) is 4.16. The fraction of sp³-hybridized carbons (Fsp3) is 0.429. The molecule has 1 unspecified atom stereocenters. The Balaban J connectivity index is 3.14. The van der Waals surface area contributed by atoms with Gasteiger partial charge in [-0.15, -0.1) is 6.42 Å². The molecule has 0 heterocycles. The van der Waals surface area contributed by atoms with Gasteiger partial charge in [0.2, 0.25) is 0 Å². The molecular weight excluding hydrogens is 244 g/mol. The van der Waals surface area contributed by atoms with Crippen molar-refractivity contribution in [3.63, 3.8) is 0 Å². The molecule has 4 heteroatoms. The maximum absolute atomic E-state index is 6.07. The van der Waals surface area contributed by atoms with Crippen molar-refractivity contribution in [3.8, 4) is 12.3 Å². The van der Waals surface area contributed by atoms with E-state index in [1.54, 1.807) is 14.2 Å². The monoisotopic (exact) mass is 264 g/mol. The van der Waals surface area contributed by atoms with Gasteiger partial charge in [-0.05, 0) is 13.3 Å². The molecule has 18 heavy (non-hydrogen) atoms. The third kappa shape index (κ3) is 3.00. The van der Waals surface area contributed by atoms with E-state index in [1.165, 1.54) is 0 Å². The van der Waals surface area contributed by atoms with Crippen LogP contribution in [0.3, 0.4) is 0 Å². The SMILES string of the molecule is C#CC(C)(CC)O[Si](OC)(OC)c1ccccc1. The van der Waals surface area contributed by atoms with Gasteiger partial charge in [-0.2, -0.15) is 0 Å². The zero-order valence-electron chi connectivity index (χ0n) is 11.4. The minimum absolute atomic E-state index is 0.686. The number of benzene rings is 1. The van der Waals surface area contributed by atoms with Crippen LogP contribution in [0.2, 0.25) is 0 Å². The first-order chi connectivity index (χ1) is 8.55. The van der Waals surface area contributed by atoms with Crippen LogP contribution in [0.15, 0.2) is 30.3 Å². The summed E-state index contributed by atoms with van der Waals surface area (Å²) < 4.78 is 17.2.